The van der Waals surface area contributed by atoms with Crippen LogP contribution in [0.3, 0.4) is 0 Å². The second-order valence-electron chi connectivity index (χ2n) is 4.52. The van der Waals surface area contributed by atoms with Crippen LogP contribution >= 0.6 is 0 Å². The number of aryl methyl sites for hydroxylation is 3. The molecule has 2 rings (SSSR count). The summed E-state index contributed by atoms with van der Waals surface area (Å²) in [7, 11) is -3.79. The Morgan fingerprint density at radius 1 is 0.789 bits per heavy atom. The lowest BCUT2D eigenvalue weighted by Gasteiger charge is -2.13. The molecule has 0 fully saturated rings. The maximum Gasteiger partial charge on any atom is 0.339 e. The summed E-state index contributed by atoms with van der Waals surface area (Å²) < 4.78 is 29.9. The van der Waals surface area contributed by atoms with Gasteiger partial charge in [0.05, 0.1) is 0 Å². The molecule has 0 atom stereocenters. The SMILES string of the molecule is Cc1ccccc1S(=O)(=O)Oc1c(C)cccc1C. The van der Waals surface area contributed by atoms with Gasteiger partial charge in [0, 0.05) is 0 Å². The molecule has 0 bridgehead atoms. The fourth-order valence-electron chi connectivity index (χ4n) is 1.92. The molecule has 0 aromatic heterocycles. The Morgan fingerprint density at radius 3 is 1.89 bits per heavy atom. The van der Waals surface area contributed by atoms with Crippen LogP contribution in [-0.4, -0.2) is 8.42 Å². The number of hydrogen-bond donors (Lipinski definition) is 0. The van der Waals surface area contributed by atoms with Gasteiger partial charge in [-0.25, -0.2) is 0 Å². The lowest BCUT2D eigenvalue weighted by atomic mass is 10.1. The van der Waals surface area contributed by atoms with Gasteiger partial charge < -0.3 is 4.18 Å². The van der Waals surface area contributed by atoms with Gasteiger partial charge in [0.25, 0.3) is 0 Å². The first kappa shape index (κ1) is 13.6. The van der Waals surface area contributed by atoms with Gasteiger partial charge in [-0.15, -0.1) is 0 Å². The topological polar surface area (TPSA) is 43.4 Å². The minimum Gasteiger partial charge on any atom is -0.378 e. The molecule has 2 aromatic carbocycles. The summed E-state index contributed by atoms with van der Waals surface area (Å²) in [6, 6.07) is 12.3. The maximum atomic E-state index is 12.3. The van der Waals surface area contributed by atoms with Crippen molar-refractivity contribution >= 4 is 10.1 Å². The third-order valence-electron chi connectivity index (χ3n) is 2.96. The summed E-state index contributed by atoms with van der Waals surface area (Å²) in [4.78, 5) is 0.206. The van der Waals surface area contributed by atoms with Crippen LogP contribution in [0.2, 0.25) is 0 Å². The Hall–Kier alpha value is -1.81. The molecule has 3 nitrogen and oxygen atoms in total. The molecule has 0 N–H and O–H groups in total. The Bertz CT molecular complexity index is 683. The predicted octanol–water partition coefficient (Wildman–Crippen LogP) is 3.38. The summed E-state index contributed by atoms with van der Waals surface area (Å²) in [5.74, 6) is 0.408. The van der Waals surface area contributed by atoms with Gasteiger partial charge >= 0.3 is 10.1 Å². The van der Waals surface area contributed by atoms with Gasteiger partial charge in [0.2, 0.25) is 0 Å². The van der Waals surface area contributed by atoms with E-state index in [2.05, 4.69) is 0 Å². The number of benzene rings is 2. The molecular formula is C15H16O3S. The summed E-state index contributed by atoms with van der Waals surface area (Å²) >= 11 is 0. The minimum absolute atomic E-state index is 0.206. The highest BCUT2D eigenvalue weighted by molar-refractivity contribution is 7.87. The van der Waals surface area contributed by atoms with Gasteiger partial charge in [-0.05, 0) is 43.5 Å². The van der Waals surface area contributed by atoms with E-state index in [1.807, 2.05) is 32.0 Å². The van der Waals surface area contributed by atoms with E-state index in [0.717, 1.165) is 11.1 Å². The second-order valence-corrected chi connectivity index (χ2v) is 6.04. The molecule has 0 amide bonds. The zero-order chi connectivity index (χ0) is 14.0. The van der Waals surface area contributed by atoms with Crippen molar-refractivity contribution in [3.05, 3.63) is 59.2 Å². The summed E-state index contributed by atoms with van der Waals surface area (Å²) in [6.07, 6.45) is 0. The molecule has 0 saturated carbocycles. The lowest BCUT2D eigenvalue weighted by molar-refractivity contribution is 0.481. The number of hydrogen-bond acceptors (Lipinski definition) is 3. The molecule has 19 heavy (non-hydrogen) atoms. The average Bonchev–Trinajstić information content (AvgIpc) is 2.34. The van der Waals surface area contributed by atoms with E-state index < -0.39 is 10.1 Å². The summed E-state index contributed by atoms with van der Waals surface area (Å²) in [6.45, 7) is 5.41. The van der Waals surface area contributed by atoms with Crippen LogP contribution in [0.15, 0.2) is 47.4 Å². The molecule has 0 spiro atoms. The van der Waals surface area contributed by atoms with E-state index in [9.17, 15) is 8.42 Å². The van der Waals surface area contributed by atoms with Crippen molar-refractivity contribution in [1.82, 2.24) is 0 Å². The normalized spacial score (nSPS) is 11.3. The van der Waals surface area contributed by atoms with Crippen molar-refractivity contribution in [2.24, 2.45) is 0 Å². The highest BCUT2D eigenvalue weighted by Gasteiger charge is 2.20. The van der Waals surface area contributed by atoms with Gasteiger partial charge in [-0.2, -0.15) is 8.42 Å². The lowest BCUT2D eigenvalue weighted by Crippen LogP contribution is -2.12. The van der Waals surface area contributed by atoms with Crippen LogP contribution in [-0.2, 0) is 10.1 Å². The van der Waals surface area contributed by atoms with Crippen molar-refractivity contribution in [3.8, 4) is 5.75 Å². The molecule has 0 aliphatic carbocycles. The first-order chi connectivity index (χ1) is 8.92. The second kappa shape index (κ2) is 5.05. The molecular weight excluding hydrogens is 260 g/mol. The molecule has 2 aromatic rings. The number of rotatable bonds is 3. The van der Waals surface area contributed by atoms with E-state index >= 15 is 0 Å². The fourth-order valence-corrected chi connectivity index (χ4v) is 3.20. The Balaban J connectivity index is 2.46. The van der Waals surface area contributed by atoms with Crippen LogP contribution in [0.4, 0.5) is 0 Å². The number of para-hydroxylation sites is 1. The molecule has 100 valence electrons. The van der Waals surface area contributed by atoms with Crippen LogP contribution in [0.25, 0.3) is 0 Å². The van der Waals surface area contributed by atoms with Crippen molar-refractivity contribution in [2.75, 3.05) is 0 Å². The molecule has 0 unspecified atom stereocenters. The minimum atomic E-state index is -3.79. The van der Waals surface area contributed by atoms with Crippen LogP contribution in [0.1, 0.15) is 16.7 Å². The van der Waals surface area contributed by atoms with E-state index in [-0.39, 0.29) is 4.90 Å². The monoisotopic (exact) mass is 276 g/mol. The third-order valence-corrected chi connectivity index (χ3v) is 4.35. The van der Waals surface area contributed by atoms with Gasteiger partial charge in [-0.3, -0.25) is 0 Å². The third kappa shape index (κ3) is 2.79. The highest BCUT2D eigenvalue weighted by atomic mass is 32.2. The molecule has 0 heterocycles. The van der Waals surface area contributed by atoms with Crippen LogP contribution < -0.4 is 4.18 Å². The quantitative estimate of drug-likeness (QED) is 0.807. The summed E-state index contributed by atoms with van der Waals surface area (Å²) in [5, 5.41) is 0. The van der Waals surface area contributed by atoms with Gasteiger partial charge in [0.15, 0.2) is 0 Å². The predicted molar refractivity (Wildman–Crippen MR) is 74.9 cm³/mol. The van der Waals surface area contributed by atoms with Crippen LogP contribution in [0.5, 0.6) is 5.75 Å². The zero-order valence-corrected chi connectivity index (χ0v) is 12.0. The first-order valence-corrected chi connectivity index (χ1v) is 7.39. The first-order valence-electron chi connectivity index (χ1n) is 5.98. The molecule has 0 radical (unpaired) electrons. The van der Waals surface area contributed by atoms with Crippen molar-refractivity contribution in [1.29, 1.82) is 0 Å². The van der Waals surface area contributed by atoms with E-state index in [0.29, 0.717) is 11.3 Å². The van der Waals surface area contributed by atoms with Gasteiger partial charge in [-0.1, -0.05) is 36.4 Å². The Morgan fingerprint density at radius 2 is 1.32 bits per heavy atom. The van der Waals surface area contributed by atoms with E-state index in [1.54, 1.807) is 31.2 Å². The zero-order valence-electron chi connectivity index (χ0n) is 11.2. The molecule has 4 heteroatoms. The van der Waals surface area contributed by atoms with Crippen molar-refractivity contribution < 1.29 is 12.6 Å². The smallest absolute Gasteiger partial charge is 0.339 e. The Kier molecular flexibility index (Phi) is 3.62. The van der Waals surface area contributed by atoms with Crippen LogP contribution in [0, 0.1) is 20.8 Å². The summed E-state index contributed by atoms with van der Waals surface area (Å²) in [5.41, 5.74) is 2.28. The highest BCUT2D eigenvalue weighted by Crippen LogP contribution is 2.27. The average molecular weight is 276 g/mol. The maximum absolute atomic E-state index is 12.3. The largest absolute Gasteiger partial charge is 0.378 e. The fraction of sp³-hybridized carbons (Fsp3) is 0.200. The van der Waals surface area contributed by atoms with E-state index in [4.69, 9.17) is 4.18 Å². The standard InChI is InChI=1S/C15H16O3S/c1-11-7-4-5-10-14(11)19(16,17)18-15-12(2)8-6-9-13(15)3/h4-10H,1-3H3. The van der Waals surface area contributed by atoms with Gasteiger partial charge in [0.1, 0.15) is 10.6 Å². The van der Waals surface area contributed by atoms with Crippen molar-refractivity contribution in [2.45, 2.75) is 25.7 Å². The molecule has 0 aliphatic rings. The van der Waals surface area contributed by atoms with Crippen molar-refractivity contribution in [3.63, 3.8) is 0 Å². The Labute approximate surface area is 114 Å². The molecule has 0 saturated heterocycles. The van der Waals surface area contributed by atoms with E-state index in [1.165, 1.54) is 0 Å². The molecule has 0 aliphatic heterocycles.